The number of pyridine rings is 1. The highest BCUT2D eigenvalue weighted by Crippen LogP contribution is 2.44. The molecular formula is C30H33ClN2O2S. The maximum absolute atomic E-state index is 12.0. The van der Waals surface area contributed by atoms with E-state index in [-0.39, 0.29) is 4.75 Å². The third kappa shape index (κ3) is 6.51. The molecule has 0 spiro atoms. The van der Waals surface area contributed by atoms with E-state index in [1.54, 1.807) is 6.20 Å². The van der Waals surface area contributed by atoms with E-state index in [4.69, 9.17) is 16.3 Å². The van der Waals surface area contributed by atoms with Crippen molar-refractivity contribution in [2.45, 2.75) is 63.8 Å². The van der Waals surface area contributed by atoms with Crippen LogP contribution in [0.5, 0.6) is 5.75 Å². The summed E-state index contributed by atoms with van der Waals surface area (Å²) in [5.41, 5.74) is 3.84. The van der Waals surface area contributed by atoms with Gasteiger partial charge in [-0.3, -0.25) is 4.98 Å². The summed E-state index contributed by atoms with van der Waals surface area (Å²) >= 11 is 7.99. The number of ether oxygens (including phenoxy) is 1. The van der Waals surface area contributed by atoms with E-state index < -0.39 is 5.41 Å². The van der Waals surface area contributed by atoms with Crippen LogP contribution in [0.25, 0.3) is 10.9 Å². The van der Waals surface area contributed by atoms with E-state index in [0.717, 1.165) is 39.2 Å². The molecule has 0 atom stereocenters. The van der Waals surface area contributed by atoms with Crippen LogP contribution in [0.15, 0.2) is 71.8 Å². The van der Waals surface area contributed by atoms with Gasteiger partial charge in [0.2, 0.25) is 0 Å². The molecule has 0 amide bonds. The fraction of sp³-hybridized carbons (Fsp3) is 0.333. The lowest BCUT2D eigenvalue weighted by atomic mass is 9.89. The number of benzene rings is 2. The molecule has 0 saturated heterocycles. The monoisotopic (exact) mass is 520 g/mol. The molecule has 4 aromatic rings. The van der Waals surface area contributed by atoms with Crippen LogP contribution in [-0.4, -0.2) is 20.6 Å². The first-order valence-corrected chi connectivity index (χ1v) is 13.3. The number of thioether (sulfide) groups is 1. The zero-order valence-electron chi connectivity index (χ0n) is 21.5. The molecule has 0 aliphatic heterocycles. The number of aromatic nitrogens is 2. The van der Waals surface area contributed by atoms with Crippen LogP contribution in [0.2, 0.25) is 5.02 Å². The molecule has 0 fully saturated rings. The quantitative estimate of drug-likeness (QED) is 0.166. The number of hydrogen-bond acceptors (Lipinski definition) is 4. The molecule has 0 aliphatic carbocycles. The summed E-state index contributed by atoms with van der Waals surface area (Å²) in [4.78, 5) is 17.5. The molecule has 0 aliphatic rings. The third-order valence-electron chi connectivity index (χ3n) is 5.81. The van der Waals surface area contributed by atoms with Crippen molar-refractivity contribution >= 4 is 40.6 Å². The first-order chi connectivity index (χ1) is 17.0. The van der Waals surface area contributed by atoms with Crippen LogP contribution in [0.4, 0.5) is 0 Å². The van der Waals surface area contributed by atoms with E-state index in [2.05, 4.69) is 54.6 Å². The van der Waals surface area contributed by atoms with Crippen molar-refractivity contribution in [1.82, 2.24) is 9.55 Å². The normalized spacial score (nSPS) is 12.2. The summed E-state index contributed by atoms with van der Waals surface area (Å²) in [6, 6.07) is 20.1. The zero-order chi connectivity index (χ0) is 25.9. The molecule has 2 heterocycles. The van der Waals surface area contributed by atoms with Crippen molar-refractivity contribution in [3.05, 3.63) is 88.8 Å². The molecule has 4 nitrogen and oxygen atoms in total. The van der Waals surface area contributed by atoms with Crippen LogP contribution in [0.3, 0.4) is 0 Å². The Bertz CT molecular complexity index is 1340. The summed E-state index contributed by atoms with van der Waals surface area (Å²) < 4.78 is 8.47. The number of nitrogens with zero attached hydrogens (tertiary/aromatic N) is 2. The van der Waals surface area contributed by atoms with E-state index in [9.17, 15) is 4.79 Å². The Morgan fingerprint density at radius 3 is 2.42 bits per heavy atom. The van der Waals surface area contributed by atoms with Crippen molar-refractivity contribution in [2.24, 2.45) is 5.41 Å². The largest absolute Gasteiger partial charge is 0.487 e. The van der Waals surface area contributed by atoms with Gasteiger partial charge in [0.15, 0.2) is 0 Å². The average Bonchev–Trinajstić information content (AvgIpc) is 3.09. The second-order valence-electron chi connectivity index (χ2n) is 10.8. The molecule has 0 N–H and O–H groups in total. The highest BCUT2D eigenvalue weighted by Gasteiger charge is 2.28. The minimum absolute atomic E-state index is 0.00965. The second kappa shape index (κ2) is 10.7. The summed E-state index contributed by atoms with van der Waals surface area (Å²) in [7, 11) is 0. The number of fused-ring (bicyclic) bond motifs is 1. The Balaban J connectivity index is 1.84. The van der Waals surface area contributed by atoms with Gasteiger partial charge in [-0.25, -0.2) is 0 Å². The van der Waals surface area contributed by atoms with Gasteiger partial charge in [0.05, 0.1) is 5.69 Å². The first kappa shape index (κ1) is 26.3. The van der Waals surface area contributed by atoms with Gasteiger partial charge in [-0.15, -0.1) is 11.8 Å². The van der Waals surface area contributed by atoms with Gasteiger partial charge in [-0.05, 0) is 48.0 Å². The molecule has 0 unspecified atom stereocenters. The van der Waals surface area contributed by atoms with Crippen molar-refractivity contribution in [3.8, 4) is 5.75 Å². The number of carbonyl (C=O) groups is 1. The Kier molecular flexibility index (Phi) is 7.82. The van der Waals surface area contributed by atoms with E-state index in [1.807, 2.05) is 62.0 Å². The predicted molar refractivity (Wildman–Crippen MR) is 150 cm³/mol. The van der Waals surface area contributed by atoms with Gasteiger partial charge < -0.3 is 14.1 Å². The summed E-state index contributed by atoms with van der Waals surface area (Å²) in [6.45, 7) is 11.7. The van der Waals surface area contributed by atoms with Gasteiger partial charge in [0.1, 0.15) is 18.6 Å². The molecule has 2 aromatic heterocycles. The fourth-order valence-electron chi connectivity index (χ4n) is 4.11. The minimum atomic E-state index is -0.488. The molecule has 2 aromatic carbocycles. The van der Waals surface area contributed by atoms with Crippen molar-refractivity contribution in [2.75, 3.05) is 0 Å². The van der Waals surface area contributed by atoms with Crippen LogP contribution < -0.4 is 4.74 Å². The highest BCUT2D eigenvalue weighted by molar-refractivity contribution is 8.00. The molecule has 0 bridgehead atoms. The van der Waals surface area contributed by atoms with Crippen molar-refractivity contribution in [3.63, 3.8) is 0 Å². The first-order valence-electron chi connectivity index (χ1n) is 12.1. The Hall–Kier alpha value is -2.76. The SMILES string of the molecule is CC(C)(C=O)Cc1c(SC(C)(C)C)c2cc(OCc3ccccn3)ccc2n1Cc1ccc(Cl)cc1. The Morgan fingerprint density at radius 1 is 1.03 bits per heavy atom. The predicted octanol–water partition coefficient (Wildman–Crippen LogP) is 7.98. The van der Waals surface area contributed by atoms with E-state index >= 15 is 0 Å². The van der Waals surface area contributed by atoms with Gasteiger partial charge in [0.25, 0.3) is 0 Å². The Morgan fingerprint density at radius 2 is 1.78 bits per heavy atom. The van der Waals surface area contributed by atoms with Crippen molar-refractivity contribution < 1.29 is 9.53 Å². The lowest BCUT2D eigenvalue weighted by Gasteiger charge is -2.23. The van der Waals surface area contributed by atoms with Crippen LogP contribution in [-0.2, 0) is 24.4 Å². The Labute approximate surface area is 223 Å². The number of carbonyl (C=O) groups excluding carboxylic acids is 1. The maximum Gasteiger partial charge on any atom is 0.130 e. The van der Waals surface area contributed by atoms with Gasteiger partial charge in [-0.1, -0.05) is 64.4 Å². The molecule has 0 saturated carbocycles. The summed E-state index contributed by atoms with van der Waals surface area (Å²) in [6.07, 6.45) is 3.48. The topological polar surface area (TPSA) is 44.1 Å². The lowest BCUT2D eigenvalue weighted by molar-refractivity contribution is -0.114. The lowest BCUT2D eigenvalue weighted by Crippen LogP contribution is -2.20. The van der Waals surface area contributed by atoms with E-state index in [1.165, 1.54) is 10.6 Å². The van der Waals surface area contributed by atoms with Crippen LogP contribution in [0, 0.1) is 5.41 Å². The number of rotatable bonds is 9. The minimum Gasteiger partial charge on any atom is -0.487 e. The standard InChI is InChI=1S/C30H33ClN2O2S/c1-29(2,3)36-28-25-16-24(35-19-23-8-6-7-15-32-23)13-14-26(25)33(27(28)17-30(4,5)20-34)18-21-9-11-22(31)12-10-21/h6-16,20H,17-19H2,1-5H3. The molecule has 36 heavy (non-hydrogen) atoms. The fourth-order valence-corrected chi connectivity index (χ4v) is 5.42. The van der Waals surface area contributed by atoms with Crippen LogP contribution in [0.1, 0.15) is 51.6 Å². The van der Waals surface area contributed by atoms with Gasteiger partial charge in [-0.2, -0.15) is 0 Å². The van der Waals surface area contributed by atoms with Crippen molar-refractivity contribution in [1.29, 1.82) is 0 Å². The second-order valence-corrected chi connectivity index (χ2v) is 13.0. The third-order valence-corrected chi connectivity index (χ3v) is 7.33. The molecule has 0 radical (unpaired) electrons. The average molecular weight is 521 g/mol. The number of halogens is 1. The zero-order valence-corrected chi connectivity index (χ0v) is 23.1. The smallest absolute Gasteiger partial charge is 0.130 e. The number of aldehydes is 1. The molecule has 6 heteroatoms. The van der Waals surface area contributed by atoms with Gasteiger partial charge in [0, 0.05) is 55.8 Å². The molecule has 4 rings (SSSR count). The van der Waals surface area contributed by atoms with E-state index in [0.29, 0.717) is 19.6 Å². The summed E-state index contributed by atoms with van der Waals surface area (Å²) in [5, 5.41) is 1.86. The highest BCUT2D eigenvalue weighted by atomic mass is 35.5. The number of hydrogen-bond donors (Lipinski definition) is 0. The molecular weight excluding hydrogens is 488 g/mol. The summed E-state index contributed by atoms with van der Waals surface area (Å²) in [5.74, 6) is 0.800. The van der Waals surface area contributed by atoms with Gasteiger partial charge >= 0.3 is 0 Å². The maximum atomic E-state index is 12.0. The molecule has 188 valence electrons. The van der Waals surface area contributed by atoms with Crippen LogP contribution >= 0.6 is 23.4 Å².